The van der Waals surface area contributed by atoms with Gasteiger partial charge in [0.1, 0.15) is 5.82 Å². The number of para-hydroxylation sites is 1. The normalized spacial score (nSPS) is 20.5. The standard InChI is InChI=1S/C20H26N4OS2/c1-14-10-11-24(16-8-4-5-9-17(16)27-14)19(25)13-26-20-21-18(22-23-20)12-15-6-2-3-7-15/h4-5,8-9,14-15H,2-3,6-7,10-13H2,1H3,(H,21,22,23). The van der Waals surface area contributed by atoms with Crippen LogP contribution in [0.5, 0.6) is 0 Å². The molecule has 144 valence electrons. The van der Waals surface area contributed by atoms with Crippen LogP contribution >= 0.6 is 23.5 Å². The van der Waals surface area contributed by atoms with Gasteiger partial charge in [0.15, 0.2) is 0 Å². The maximum Gasteiger partial charge on any atom is 0.237 e. The highest BCUT2D eigenvalue weighted by atomic mass is 32.2. The lowest BCUT2D eigenvalue weighted by atomic mass is 10.0. The molecule has 1 saturated carbocycles. The first-order chi connectivity index (χ1) is 13.2. The van der Waals surface area contributed by atoms with E-state index in [-0.39, 0.29) is 5.91 Å². The van der Waals surface area contributed by atoms with Gasteiger partial charge >= 0.3 is 0 Å². The molecule has 1 unspecified atom stereocenters. The summed E-state index contributed by atoms with van der Waals surface area (Å²) in [5.41, 5.74) is 1.04. The lowest BCUT2D eigenvalue weighted by Gasteiger charge is -2.22. The van der Waals surface area contributed by atoms with Crippen LogP contribution in [0.2, 0.25) is 0 Å². The highest BCUT2D eigenvalue weighted by molar-refractivity contribution is 8.00. The van der Waals surface area contributed by atoms with Crippen LogP contribution in [0, 0.1) is 5.92 Å². The number of anilines is 1. The summed E-state index contributed by atoms with van der Waals surface area (Å²) in [5, 5.41) is 8.56. The zero-order valence-electron chi connectivity index (χ0n) is 15.7. The Labute approximate surface area is 169 Å². The van der Waals surface area contributed by atoms with Crippen LogP contribution in [-0.4, -0.2) is 38.6 Å². The molecule has 2 heterocycles. The predicted molar refractivity (Wildman–Crippen MR) is 111 cm³/mol. The number of hydrogen-bond donors (Lipinski definition) is 1. The second-order valence-corrected chi connectivity index (χ2v) is 9.86. The van der Waals surface area contributed by atoms with Crippen molar-refractivity contribution in [1.29, 1.82) is 0 Å². The zero-order chi connectivity index (χ0) is 18.6. The quantitative estimate of drug-likeness (QED) is 0.744. The van der Waals surface area contributed by atoms with E-state index in [1.807, 2.05) is 28.8 Å². The van der Waals surface area contributed by atoms with Gasteiger partial charge in [-0.25, -0.2) is 4.98 Å². The molecule has 0 bridgehead atoms. The number of thioether (sulfide) groups is 2. The number of aromatic nitrogens is 3. The number of rotatable bonds is 5. The van der Waals surface area contributed by atoms with Gasteiger partial charge in [0.05, 0.1) is 11.4 Å². The van der Waals surface area contributed by atoms with Gasteiger partial charge in [0.25, 0.3) is 0 Å². The summed E-state index contributed by atoms with van der Waals surface area (Å²) in [7, 11) is 0. The molecule has 1 atom stereocenters. The Bertz CT molecular complexity index is 788. The van der Waals surface area contributed by atoms with E-state index in [4.69, 9.17) is 0 Å². The molecule has 5 nitrogen and oxygen atoms in total. The molecule has 2 aliphatic rings. The maximum atomic E-state index is 12.9. The lowest BCUT2D eigenvalue weighted by molar-refractivity contribution is -0.116. The number of hydrogen-bond acceptors (Lipinski definition) is 5. The molecule has 0 radical (unpaired) electrons. The van der Waals surface area contributed by atoms with Gasteiger partial charge in [-0.05, 0) is 24.5 Å². The number of amides is 1. The first-order valence-corrected chi connectivity index (χ1v) is 11.7. The lowest BCUT2D eigenvalue weighted by Crippen LogP contribution is -2.33. The van der Waals surface area contributed by atoms with Crippen LogP contribution in [0.15, 0.2) is 34.3 Å². The summed E-state index contributed by atoms with van der Waals surface area (Å²) >= 11 is 3.29. The fraction of sp³-hybridized carbons (Fsp3) is 0.550. The summed E-state index contributed by atoms with van der Waals surface area (Å²) in [6, 6.07) is 8.21. The molecule has 0 saturated heterocycles. The zero-order valence-corrected chi connectivity index (χ0v) is 17.3. The van der Waals surface area contributed by atoms with Gasteiger partial charge in [-0.3, -0.25) is 9.89 Å². The molecule has 27 heavy (non-hydrogen) atoms. The molecule has 0 spiro atoms. The summed E-state index contributed by atoms with van der Waals surface area (Å²) in [6.45, 7) is 3.00. The van der Waals surface area contributed by atoms with Gasteiger partial charge in [0.2, 0.25) is 11.1 Å². The van der Waals surface area contributed by atoms with E-state index in [0.717, 1.165) is 36.8 Å². The van der Waals surface area contributed by atoms with Gasteiger partial charge < -0.3 is 4.90 Å². The molecule has 1 aromatic heterocycles. The number of carbonyl (C=O) groups is 1. The van der Waals surface area contributed by atoms with Crippen LogP contribution in [0.4, 0.5) is 5.69 Å². The molecule has 1 N–H and O–H groups in total. The number of nitrogens with zero attached hydrogens (tertiary/aromatic N) is 3. The topological polar surface area (TPSA) is 61.9 Å². The van der Waals surface area contributed by atoms with E-state index in [1.54, 1.807) is 0 Å². The summed E-state index contributed by atoms with van der Waals surface area (Å²) in [6.07, 6.45) is 7.25. The molecular weight excluding hydrogens is 376 g/mol. The Morgan fingerprint density at radius 1 is 1.30 bits per heavy atom. The van der Waals surface area contributed by atoms with Crippen LogP contribution in [0.3, 0.4) is 0 Å². The minimum atomic E-state index is 0.129. The molecule has 1 aliphatic carbocycles. The van der Waals surface area contributed by atoms with Crippen molar-refractivity contribution in [3.8, 4) is 0 Å². The third kappa shape index (κ3) is 4.69. The number of carbonyl (C=O) groups excluding carboxylic acids is 1. The van der Waals surface area contributed by atoms with Crippen LogP contribution in [-0.2, 0) is 11.2 Å². The summed E-state index contributed by atoms with van der Waals surface area (Å²) in [4.78, 5) is 20.6. The Hall–Kier alpha value is -1.47. The molecule has 7 heteroatoms. The van der Waals surface area contributed by atoms with Gasteiger partial charge in [-0.2, -0.15) is 0 Å². The van der Waals surface area contributed by atoms with Crippen molar-refractivity contribution in [1.82, 2.24) is 15.2 Å². The van der Waals surface area contributed by atoms with E-state index >= 15 is 0 Å². The maximum absolute atomic E-state index is 12.9. The third-order valence-corrected chi connectivity index (χ3v) is 7.41. The number of nitrogens with one attached hydrogen (secondary N) is 1. The van der Waals surface area contributed by atoms with Gasteiger partial charge in [-0.15, -0.1) is 16.9 Å². The Morgan fingerprint density at radius 2 is 2.11 bits per heavy atom. The molecule has 1 fully saturated rings. The SMILES string of the molecule is CC1CCN(C(=O)CSc2n[nH]c(CC3CCCC3)n2)c2ccccc2S1. The molecule has 1 amide bonds. The number of aromatic amines is 1. The Morgan fingerprint density at radius 3 is 2.96 bits per heavy atom. The summed E-state index contributed by atoms with van der Waals surface area (Å²) in [5.74, 6) is 2.20. The predicted octanol–water partition coefficient (Wildman–Crippen LogP) is 4.55. The van der Waals surface area contributed by atoms with Crippen LogP contribution in [0.1, 0.15) is 44.9 Å². The molecule has 2 aromatic rings. The minimum Gasteiger partial charge on any atom is -0.311 e. The first-order valence-electron chi connectivity index (χ1n) is 9.79. The van der Waals surface area contributed by atoms with Crippen LogP contribution < -0.4 is 4.90 Å². The second-order valence-electron chi connectivity index (χ2n) is 7.44. The van der Waals surface area contributed by atoms with E-state index in [0.29, 0.717) is 16.2 Å². The minimum absolute atomic E-state index is 0.129. The molecule has 4 rings (SSSR count). The number of benzene rings is 1. The van der Waals surface area contributed by atoms with E-state index in [2.05, 4.69) is 34.2 Å². The average molecular weight is 403 g/mol. The van der Waals surface area contributed by atoms with Crippen LogP contribution in [0.25, 0.3) is 0 Å². The molecular formula is C20H26N4OS2. The van der Waals surface area contributed by atoms with E-state index in [9.17, 15) is 4.79 Å². The second kappa shape index (κ2) is 8.69. The first kappa shape index (κ1) is 18.9. The van der Waals surface area contributed by atoms with E-state index in [1.165, 1.54) is 42.3 Å². The van der Waals surface area contributed by atoms with Gasteiger partial charge in [0, 0.05) is 23.1 Å². The highest BCUT2D eigenvalue weighted by Gasteiger charge is 2.24. The van der Waals surface area contributed by atoms with Crippen molar-refractivity contribution in [2.75, 3.05) is 17.2 Å². The fourth-order valence-electron chi connectivity index (χ4n) is 3.87. The van der Waals surface area contributed by atoms with Crippen molar-refractivity contribution in [2.24, 2.45) is 5.92 Å². The number of fused-ring (bicyclic) bond motifs is 1. The Kier molecular flexibility index (Phi) is 6.08. The van der Waals surface area contributed by atoms with Gasteiger partial charge in [-0.1, -0.05) is 56.5 Å². The largest absolute Gasteiger partial charge is 0.311 e. The molecule has 1 aromatic carbocycles. The molecule has 1 aliphatic heterocycles. The fourth-order valence-corrected chi connectivity index (χ4v) is 5.68. The average Bonchev–Trinajstić information content (AvgIpc) is 3.30. The highest BCUT2D eigenvalue weighted by Crippen LogP contribution is 2.37. The van der Waals surface area contributed by atoms with Crippen molar-refractivity contribution in [3.63, 3.8) is 0 Å². The van der Waals surface area contributed by atoms with Crippen molar-refractivity contribution < 1.29 is 4.79 Å². The monoisotopic (exact) mass is 402 g/mol. The third-order valence-electron chi connectivity index (χ3n) is 5.34. The van der Waals surface area contributed by atoms with Crippen molar-refractivity contribution in [3.05, 3.63) is 30.1 Å². The smallest absolute Gasteiger partial charge is 0.237 e. The number of H-pyrrole nitrogens is 1. The Balaban J connectivity index is 1.37. The van der Waals surface area contributed by atoms with Crippen molar-refractivity contribution >= 4 is 35.1 Å². The summed E-state index contributed by atoms with van der Waals surface area (Å²) < 4.78 is 0. The van der Waals surface area contributed by atoms with E-state index < -0.39 is 0 Å². The van der Waals surface area contributed by atoms with Crippen molar-refractivity contribution in [2.45, 2.75) is 60.8 Å².